The number of aryl methyl sites for hydroxylation is 1. The molecule has 1 unspecified atom stereocenters. The van der Waals surface area contributed by atoms with Gasteiger partial charge in [-0.1, -0.05) is 36.9 Å². The van der Waals surface area contributed by atoms with Crippen LogP contribution in [0.5, 0.6) is 0 Å². The number of nitrogens with zero attached hydrogens (tertiary/aromatic N) is 2. The topological polar surface area (TPSA) is 92.5 Å². The highest BCUT2D eigenvalue weighted by atomic mass is 32.2. The van der Waals surface area contributed by atoms with E-state index in [4.69, 9.17) is 4.52 Å². The first-order chi connectivity index (χ1) is 15.4. The molecule has 1 atom stereocenters. The van der Waals surface area contributed by atoms with Crippen LogP contribution < -0.4 is 5.32 Å². The monoisotopic (exact) mass is 477 g/mol. The molecule has 2 aromatic rings. The number of hydrogen-bond donors (Lipinski definition) is 1. The number of nitrogens with one attached hydrogen (secondary N) is 1. The third-order valence-corrected chi connectivity index (χ3v) is 9.19. The largest absolute Gasteiger partial charge is 0.355 e. The molecule has 2 aromatic heterocycles. The van der Waals surface area contributed by atoms with E-state index in [1.165, 1.54) is 17.1 Å². The third kappa shape index (κ3) is 5.32. The zero-order chi connectivity index (χ0) is 22.6. The van der Waals surface area contributed by atoms with E-state index < -0.39 is 10.0 Å². The fourth-order valence-corrected chi connectivity index (χ4v) is 6.98. The second-order valence-electron chi connectivity index (χ2n) is 8.71. The molecule has 0 bridgehead atoms. The van der Waals surface area contributed by atoms with Gasteiger partial charge in [-0.15, -0.1) is 11.3 Å². The van der Waals surface area contributed by atoms with Gasteiger partial charge >= 0.3 is 0 Å². The van der Waals surface area contributed by atoms with E-state index in [1.54, 1.807) is 24.3 Å². The minimum Gasteiger partial charge on any atom is -0.355 e. The molecule has 1 saturated carbocycles. The van der Waals surface area contributed by atoms with Crippen molar-refractivity contribution in [2.24, 2.45) is 5.92 Å². The fourth-order valence-electron chi connectivity index (χ4n) is 4.59. The molecule has 1 saturated heterocycles. The molecule has 1 N–H and O–H groups in total. The molecule has 2 fully saturated rings. The first kappa shape index (κ1) is 23.2. The summed E-state index contributed by atoms with van der Waals surface area (Å²) in [4.78, 5) is 14.0. The molecular weight excluding hydrogens is 446 g/mol. The first-order valence-corrected chi connectivity index (χ1v) is 13.8. The molecular formula is C23H31N3O4S2. The van der Waals surface area contributed by atoms with Crippen molar-refractivity contribution in [2.75, 3.05) is 13.1 Å². The van der Waals surface area contributed by atoms with Crippen molar-refractivity contribution in [3.63, 3.8) is 0 Å². The second kappa shape index (κ2) is 10.3. The van der Waals surface area contributed by atoms with Crippen LogP contribution in [0.1, 0.15) is 67.7 Å². The molecule has 1 aliphatic carbocycles. The number of amides is 1. The van der Waals surface area contributed by atoms with Crippen molar-refractivity contribution in [2.45, 2.75) is 69.2 Å². The average Bonchev–Trinajstić information content (AvgIpc) is 3.36. The summed E-state index contributed by atoms with van der Waals surface area (Å²) in [6.07, 6.45) is 11.6. The highest BCUT2D eigenvalue weighted by molar-refractivity contribution is 7.89. The van der Waals surface area contributed by atoms with E-state index in [9.17, 15) is 13.2 Å². The van der Waals surface area contributed by atoms with Crippen LogP contribution in [0.2, 0.25) is 0 Å². The van der Waals surface area contributed by atoms with Gasteiger partial charge in [0, 0.05) is 24.0 Å². The number of rotatable bonds is 6. The molecule has 0 radical (unpaired) electrons. The molecule has 0 aromatic carbocycles. The van der Waals surface area contributed by atoms with Gasteiger partial charge in [0.25, 0.3) is 0 Å². The fraction of sp³-hybridized carbons (Fsp3) is 0.565. The Morgan fingerprint density at radius 1 is 1.19 bits per heavy atom. The van der Waals surface area contributed by atoms with E-state index in [1.807, 2.05) is 23.6 Å². The summed E-state index contributed by atoms with van der Waals surface area (Å²) in [7, 11) is -3.83. The lowest BCUT2D eigenvalue weighted by Crippen LogP contribution is -2.47. The summed E-state index contributed by atoms with van der Waals surface area (Å²) < 4.78 is 33.8. The average molecular weight is 478 g/mol. The van der Waals surface area contributed by atoms with Gasteiger partial charge in [-0.05, 0) is 56.2 Å². The Balaban J connectivity index is 1.48. The lowest BCUT2D eigenvalue weighted by Gasteiger charge is -2.32. The van der Waals surface area contributed by atoms with Crippen molar-refractivity contribution >= 4 is 39.4 Å². The van der Waals surface area contributed by atoms with E-state index in [-0.39, 0.29) is 35.1 Å². The summed E-state index contributed by atoms with van der Waals surface area (Å²) in [5.74, 6) is -0.121. The van der Waals surface area contributed by atoms with Crippen molar-refractivity contribution < 1.29 is 17.7 Å². The van der Waals surface area contributed by atoms with Gasteiger partial charge < -0.3 is 9.84 Å². The summed E-state index contributed by atoms with van der Waals surface area (Å²) in [6, 6.07) is 4.09. The Bertz CT molecular complexity index is 1040. The van der Waals surface area contributed by atoms with Gasteiger partial charge in [-0.3, -0.25) is 4.79 Å². The lowest BCUT2D eigenvalue weighted by atomic mass is 9.97. The Morgan fingerprint density at radius 3 is 2.69 bits per heavy atom. The van der Waals surface area contributed by atoms with E-state index in [2.05, 4.69) is 10.5 Å². The molecule has 32 heavy (non-hydrogen) atoms. The maximum Gasteiger partial charge on any atom is 0.248 e. The van der Waals surface area contributed by atoms with Gasteiger partial charge in [0.1, 0.15) is 5.69 Å². The zero-order valence-electron chi connectivity index (χ0n) is 18.5. The third-order valence-electron chi connectivity index (χ3n) is 6.33. The van der Waals surface area contributed by atoms with Gasteiger partial charge in [0.2, 0.25) is 15.9 Å². The summed E-state index contributed by atoms with van der Waals surface area (Å²) in [5, 5.41) is 9.06. The predicted octanol–water partition coefficient (Wildman–Crippen LogP) is 4.45. The molecule has 174 valence electrons. The number of carbonyl (C=O) groups is 1. The van der Waals surface area contributed by atoms with Crippen LogP contribution in [0.3, 0.4) is 0 Å². The van der Waals surface area contributed by atoms with Crippen molar-refractivity contribution in [1.29, 1.82) is 0 Å². The normalized spacial score (nSPS) is 21.6. The molecule has 2 aliphatic rings. The van der Waals surface area contributed by atoms with Crippen LogP contribution >= 0.6 is 11.3 Å². The predicted molar refractivity (Wildman–Crippen MR) is 126 cm³/mol. The standard InChI is InChI=1S/C23H31N3O4S2/c1-17-22(21(30-25-17)13-12-20-11-7-15-31-20)32(28,29)26-14-6-8-18(16-26)23(27)24-19-9-4-2-3-5-10-19/h7,11-13,15,18-19H,2-6,8-10,14,16H2,1H3,(H,24,27). The molecule has 4 rings (SSSR count). The first-order valence-electron chi connectivity index (χ1n) is 11.4. The van der Waals surface area contributed by atoms with Crippen molar-refractivity contribution in [3.05, 3.63) is 33.8 Å². The van der Waals surface area contributed by atoms with Crippen LogP contribution in [-0.2, 0) is 14.8 Å². The van der Waals surface area contributed by atoms with Crippen LogP contribution in [-0.4, -0.2) is 42.9 Å². The molecule has 0 spiro atoms. The Hall–Kier alpha value is -1.97. The Labute approximate surface area is 193 Å². The SMILES string of the molecule is Cc1noc(C=Cc2cccs2)c1S(=O)(=O)N1CCCC(C(=O)NC2CCCCCC2)C1. The minimum atomic E-state index is -3.83. The van der Waals surface area contributed by atoms with Crippen LogP contribution in [0, 0.1) is 12.8 Å². The molecule has 3 heterocycles. The van der Waals surface area contributed by atoms with Crippen LogP contribution in [0.4, 0.5) is 0 Å². The van der Waals surface area contributed by atoms with E-state index in [0.717, 1.165) is 30.6 Å². The van der Waals surface area contributed by atoms with Crippen LogP contribution in [0.25, 0.3) is 12.2 Å². The van der Waals surface area contributed by atoms with Crippen molar-refractivity contribution in [3.8, 4) is 0 Å². The van der Waals surface area contributed by atoms with Gasteiger partial charge in [0.05, 0.1) is 5.92 Å². The van der Waals surface area contributed by atoms with Crippen LogP contribution in [0.15, 0.2) is 26.9 Å². The van der Waals surface area contributed by atoms with E-state index >= 15 is 0 Å². The van der Waals surface area contributed by atoms with Crippen molar-refractivity contribution in [1.82, 2.24) is 14.8 Å². The maximum atomic E-state index is 13.5. The number of carbonyl (C=O) groups excluding carboxylic acids is 1. The maximum absolute atomic E-state index is 13.5. The minimum absolute atomic E-state index is 0.0170. The quantitative estimate of drug-likeness (QED) is 0.621. The van der Waals surface area contributed by atoms with Gasteiger partial charge in [-0.2, -0.15) is 4.31 Å². The number of hydrogen-bond acceptors (Lipinski definition) is 6. The van der Waals surface area contributed by atoms with Gasteiger partial charge in [-0.25, -0.2) is 8.42 Å². The second-order valence-corrected chi connectivity index (χ2v) is 11.6. The number of piperidine rings is 1. The molecule has 9 heteroatoms. The molecule has 1 aliphatic heterocycles. The highest BCUT2D eigenvalue weighted by Gasteiger charge is 2.37. The lowest BCUT2D eigenvalue weighted by molar-refractivity contribution is -0.126. The highest BCUT2D eigenvalue weighted by Crippen LogP contribution is 2.30. The summed E-state index contributed by atoms with van der Waals surface area (Å²) in [5.41, 5.74) is 0.334. The number of aromatic nitrogens is 1. The van der Waals surface area contributed by atoms with E-state index in [0.29, 0.717) is 25.1 Å². The number of thiophene rings is 1. The Morgan fingerprint density at radius 2 is 1.97 bits per heavy atom. The smallest absolute Gasteiger partial charge is 0.248 e. The zero-order valence-corrected chi connectivity index (χ0v) is 20.1. The summed E-state index contributed by atoms with van der Waals surface area (Å²) >= 11 is 1.56. The molecule has 7 nitrogen and oxygen atoms in total. The number of sulfonamides is 1. The Kier molecular flexibility index (Phi) is 7.48. The summed E-state index contributed by atoms with van der Waals surface area (Å²) in [6.45, 7) is 2.23. The molecule has 1 amide bonds. The van der Waals surface area contributed by atoms with Gasteiger partial charge in [0.15, 0.2) is 10.7 Å².